The topological polar surface area (TPSA) is 46.5 Å². The van der Waals surface area contributed by atoms with Crippen LogP contribution in [-0.2, 0) is 7.05 Å². The zero-order valence-electron chi connectivity index (χ0n) is 10.0. The van der Waals surface area contributed by atoms with E-state index in [0.717, 1.165) is 26.0 Å². The zero-order valence-corrected chi connectivity index (χ0v) is 10.8. The third kappa shape index (κ3) is 1.57. The Bertz CT molecular complexity index is 873. The van der Waals surface area contributed by atoms with Crippen LogP contribution in [0, 0.1) is 5.82 Å². The maximum Gasteiger partial charge on any atom is 0.151 e. The highest BCUT2D eigenvalue weighted by molar-refractivity contribution is 7.22. The normalized spacial score (nSPS) is 11.7. The molecule has 0 fully saturated rings. The lowest BCUT2D eigenvalue weighted by Gasteiger charge is -1.98. The van der Waals surface area contributed by atoms with Gasteiger partial charge in [0.2, 0.25) is 0 Å². The van der Waals surface area contributed by atoms with E-state index in [9.17, 15) is 4.39 Å². The van der Waals surface area contributed by atoms with Gasteiger partial charge in [0.05, 0.1) is 16.4 Å². The van der Waals surface area contributed by atoms with Gasteiger partial charge in [-0.1, -0.05) is 0 Å². The lowest BCUT2D eigenvalue weighted by atomic mass is 10.1. The van der Waals surface area contributed by atoms with E-state index < -0.39 is 0 Å². The molecule has 0 saturated carbocycles. The van der Waals surface area contributed by atoms with Gasteiger partial charge in [-0.15, -0.1) is 11.3 Å². The van der Waals surface area contributed by atoms with E-state index in [0.29, 0.717) is 5.52 Å². The number of hydrogen-bond acceptors (Lipinski definition) is 3. The monoisotopic (exact) mass is 272 g/mol. The van der Waals surface area contributed by atoms with Crippen molar-refractivity contribution in [3.8, 4) is 10.4 Å². The standard InChI is InChI=1S/C13H9FN4S/c1-18-6-8-2-7(3-9(14)13(8)17-18)11-4-10-12(19-11)5-15-16-10/h2-6H,1H3,(H,15,16). The molecule has 4 rings (SSSR count). The second-order valence-electron chi connectivity index (χ2n) is 4.46. The minimum absolute atomic E-state index is 0.289. The number of nitrogens with zero attached hydrogens (tertiary/aromatic N) is 3. The second-order valence-corrected chi connectivity index (χ2v) is 5.54. The lowest BCUT2D eigenvalue weighted by Crippen LogP contribution is -1.86. The summed E-state index contributed by atoms with van der Waals surface area (Å²) in [7, 11) is 1.79. The molecule has 4 aromatic rings. The zero-order chi connectivity index (χ0) is 13.0. The van der Waals surface area contributed by atoms with Crippen molar-refractivity contribution in [3.63, 3.8) is 0 Å². The molecule has 3 aromatic heterocycles. The van der Waals surface area contributed by atoms with Gasteiger partial charge >= 0.3 is 0 Å². The van der Waals surface area contributed by atoms with Crippen LogP contribution in [0.5, 0.6) is 0 Å². The molecule has 0 unspecified atom stereocenters. The largest absolute Gasteiger partial charge is 0.277 e. The predicted octanol–water partition coefficient (Wildman–Crippen LogP) is 3.32. The molecule has 0 saturated heterocycles. The quantitative estimate of drug-likeness (QED) is 0.578. The van der Waals surface area contributed by atoms with Gasteiger partial charge in [-0.2, -0.15) is 10.2 Å². The van der Waals surface area contributed by atoms with Crippen LogP contribution < -0.4 is 0 Å². The van der Waals surface area contributed by atoms with Gasteiger partial charge in [-0.25, -0.2) is 4.39 Å². The highest BCUT2D eigenvalue weighted by Gasteiger charge is 2.11. The van der Waals surface area contributed by atoms with E-state index in [2.05, 4.69) is 15.3 Å². The van der Waals surface area contributed by atoms with Crippen molar-refractivity contribution in [3.05, 3.63) is 36.4 Å². The Morgan fingerprint density at radius 2 is 2.21 bits per heavy atom. The molecule has 4 nitrogen and oxygen atoms in total. The number of benzene rings is 1. The molecule has 1 N–H and O–H groups in total. The number of rotatable bonds is 1. The summed E-state index contributed by atoms with van der Waals surface area (Å²) in [6.07, 6.45) is 3.60. The van der Waals surface area contributed by atoms with Gasteiger partial charge < -0.3 is 0 Å². The molecule has 0 aliphatic rings. The van der Waals surface area contributed by atoms with E-state index >= 15 is 0 Å². The van der Waals surface area contributed by atoms with Crippen molar-refractivity contribution in [2.75, 3.05) is 0 Å². The molecular formula is C13H9FN4S. The van der Waals surface area contributed by atoms with Crippen LogP contribution in [-0.4, -0.2) is 20.0 Å². The molecule has 94 valence electrons. The number of aryl methyl sites for hydroxylation is 1. The van der Waals surface area contributed by atoms with Crippen LogP contribution in [0.2, 0.25) is 0 Å². The van der Waals surface area contributed by atoms with Gasteiger partial charge in [0.25, 0.3) is 0 Å². The first-order chi connectivity index (χ1) is 9.20. The summed E-state index contributed by atoms with van der Waals surface area (Å²) < 4.78 is 16.7. The second kappa shape index (κ2) is 3.64. The first kappa shape index (κ1) is 10.7. The Hall–Kier alpha value is -2.21. The summed E-state index contributed by atoms with van der Waals surface area (Å²) in [5.74, 6) is -0.289. The highest BCUT2D eigenvalue weighted by Crippen LogP contribution is 2.34. The number of hydrogen-bond donors (Lipinski definition) is 1. The fraction of sp³-hybridized carbons (Fsp3) is 0.0769. The Morgan fingerprint density at radius 1 is 1.32 bits per heavy atom. The van der Waals surface area contributed by atoms with Crippen molar-refractivity contribution < 1.29 is 4.39 Å². The number of H-pyrrole nitrogens is 1. The third-order valence-electron chi connectivity index (χ3n) is 3.09. The van der Waals surface area contributed by atoms with Crippen LogP contribution >= 0.6 is 11.3 Å². The average molecular weight is 272 g/mol. The molecule has 0 spiro atoms. The van der Waals surface area contributed by atoms with Gasteiger partial charge in [0, 0.05) is 23.5 Å². The Balaban J connectivity index is 1.97. The maximum atomic E-state index is 14.0. The van der Waals surface area contributed by atoms with E-state index in [-0.39, 0.29) is 5.82 Å². The molecule has 0 amide bonds. The number of halogens is 1. The van der Waals surface area contributed by atoms with Crippen molar-refractivity contribution >= 4 is 32.5 Å². The average Bonchev–Trinajstić information content (AvgIpc) is 3.00. The summed E-state index contributed by atoms with van der Waals surface area (Å²) >= 11 is 1.59. The van der Waals surface area contributed by atoms with Crippen LogP contribution in [0.3, 0.4) is 0 Å². The number of aromatic amines is 1. The first-order valence-corrected chi connectivity index (χ1v) is 6.58. The van der Waals surface area contributed by atoms with Gasteiger partial charge in [0.1, 0.15) is 5.52 Å². The van der Waals surface area contributed by atoms with E-state index in [1.807, 2.05) is 18.3 Å². The molecule has 0 atom stereocenters. The number of thiophene rings is 1. The first-order valence-electron chi connectivity index (χ1n) is 5.77. The molecule has 19 heavy (non-hydrogen) atoms. The number of aromatic nitrogens is 4. The maximum absolute atomic E-state index is 14.0. The van der Waals surface area contributed by atoms with Crippen LogP contribution in [0.4, 0.5) is 4.39 Å². The third-order valence-corrected chi connectivity index (χ3v) is 4.21. The molecule has 0 bridgehead atoms. The molecule has 3 heterocycles. The molecule has 1 aromatic carbocycles. The molecule has 0 aliphatic carbocycles. The minimum Gasteiger partial charge on any atom is -0.277 e. The van der Waals surface area contributed by atoms with Gasteiger partial charge in [0.15, 0.2) is 5.82 Å². The SMILES string of the molecule is Cn1cc2cc(-c3cc4[nH]ncc4s3)cc(F)c2n1. The van der Waals surface area contributed by atoms with Crippen LogP contribution in [0.15, 0.2) is 30.6 Å². The summed E-state index contributed by atoms with van der Waals surface area (Å²) in [6, 6.07) is 5.49. The minimum atomic E-state index is -0.289. The summed E-state index contributed by atoms with van der Waals surface area (Å²) in [4.78, 5) is 1.02. The lowest BCUT2D eigenvalue weighted by molar-refractivity contribution is 0.633. The van der Waals surface area contributed by atoms with Gasteiger partial charge in [-0.05, 0) is 23.8 Å². The molecule has 0 radical (unpaired) electrons. The Morgan fingerprint density at radius 3 is 3.05 bits per heavy atom. The van der Waals surface area contributed by atoms with Crippen molar-refractivity contribution in [1.82, 2.24) is 20.0 Å². The van der Waals surface area contributed by atoms with E-state index in [1.165, 1.54) is 6.07 Å². The van der Waals surface area contributed by atoms with Gasteiger partial charge in [-0.3, -0.25) is 9.78 Å². The van der Waals surface area contributed by atoms with E-state index in [1.54, 1.807) is 29.3 Å². The molecule has 0 aliphatic heterocycles. The molecule has 6 heteroatoms. The predicted molar refractivity (Wildman–Crippen MR) is 73.6 cm³/mol. The highest BCUT2D eigenvalue weighted by atomic mass is 32.1. The fourth-order valence-corrected chi connectivity index (χ4v) is 3.21. The van der Waals surface area contributed by atoms with Crippen molar-refractivity contribution in [2.45, 2.75) is 0 Å². The fourth-order valence-electron chi connectivity index (χ4n) is 2.25. The summed E-state index contributed by atoms with van der Waals surface area (Å²) in [6.45, 7) is 0. The van der Waals surface area contributed by atoms with Crippen LogP contribution in [0.25, 0.3) is 31.6 Å². The number of nitrogens with one attached hydrogen (secondary N) is 1. The number of fused-ring (bicyclic) bond motifs is 2. The molecular weight excluding hydrogens is 263 g/mol. The van der Waals surface area contributed by atoms with E-state index in [4.69, 9.17) is 0 Å². The Labute approximate surface area is 111 Å². The summed E-state index contributed by atoms with van der Waals surface area (Å²) in [5.41, 5.74) is 2.26. The van der Waals surface area contributed by atoms with Crippen LogP contribution in [0.1, 0.15) is 0 Å². The Kier molecular flexibility index (Phi) is 2.05. The van der Waals surface area contributed by atoms with Crippen molar-refractivity contribution in [2.24, 2.45) is 7.05 Å². The summed E-state index contributed by atoms with van der Waals surface area (Å²) in [5, 5.41) is 11.8. The smallest absolute Gasteiger partial charge is 0.151 e. The van der Waals surface area contributed by atoms with Crippen molar-refractivity contribution in [1.29, 1.82) is 0 Å².